The topological polar surface area (TPSA) is 73.2 Å². The van der Waals surface area contributed by atoms with Crippen LogP contribution >= 0.6 is 34.2 Å². The summed E-state index contributed by atoms with van der Waals surface area (Å²) in [6.07, 6.45) is 1.38. The third-order valence-electron chi connectivity index (χ3n) is 3.67. The molecule has 1 heterocycles. The highest BCUT2D eigenvalue weighted by molar-refractivity contribution is 14.1. The zero-order valence-electron chi connectivity index (χ0n) is 14.3. The van der Waals surface area contributed by atoms with E-state index in [1.807, 2.05) is 52.9 Å². The van der Waals surface area contributed by atoms with Gasteiger partial charge in [-0.05, 0) is 59.8 Å². The lowest BCUT2D eigenvalue weighted by Gasteiger charge is -2.12. The number of nitrogens with one attached hydrogen (secondary N) is 1. The van der Waals surface area contributed by atoms with Gasteiger partial charge in [-0.25, -0.2) is 9.48 Å². The predicted octanol–water partition coefficient (Wildman–Crippen LogP) is 4.56. The molecule has 3 rings (SSSR count). The third-order valence-corrected chi connectivity index (χ3v) is 4.80. The van der Waals surface area contributed by atoms with Gasteiger partial charge < -0.3 is 10.1 Å². The Balaban J connectivity index is 2.02. The molecule has 0 saturated heterocycles. The zero-order valence-corrected chi connectivity index (χ0v) is 17.2. The van der Waals surface area contributed by atoms with Crippen LogP contribution in [0.3, 0.4) is 0 Å². The van der Waals surface area contributed by atoms with Crippen LogP contribution in [0.4, 0.5) is 5.82 Å². The van der Waals surface area contributed by atoms with E-state index in [1.165, 1.54) is 10.9 Å². The van der Waals surface area contributed by atoms with E-state index >= 15 is 0 Å². The molecule has 0 aliphatic carbocycles. The van der Waals surface area contributed by atoms with Crippen LogP contribution in [0.2, 0.25) is 5.02 Å². The minimum absolute atomic E-state index is 0.179. The van der Waals surface area contributed by atoms with Crippen LogP contribution in [0.25, 0.3) is 5.69 Å². The quantitative estimate of drug-likeness (QED) is 0.416. The molecule has 0 aliphatic rings. The van der Waals surface area contributed by atoms with Crippen LogP contribution in [-0.4, -0.2) is 28.3 Å². The Morgan fingerprint density at radius 2 is 1.93 bits per heavy atom. The van der Waals surface area contributed by atoms with E-state index in [1.54, 1.807) is 25.1 Å². The summed E-state index contributed by atoms with van der Waals surface area (Å²) >= 11 is 8.00. The lowest BCUT2D eigenvalue weighted by atomic mass is 10.2. The van der Waals surface area contributed by atoms with Crippen molar-refractivity contribution in [3.63, 3.8) is 0 Å². The van der Waals surface area contributed by atoms with E-state index in [0.29, 0.717) is 19.8 Å². The number of rotatable bonds is 5. The van der Waals surface area contributed by atoms with Crippen molar-refractivity contribution in [3.05, 3.63) is 74.4 Å². The van der Waals surface area contributed by atoms with Crippen molar-refractivity contribution in [3.8, 4) is 5.69 Å². The van der Waals surface area contributed by atoms with Gasteiger partial charge >= 0.3 is 5.97 Å². The molecule has 1 amide bonds. The highest BCUT2D eigenvalue weighted by Gasteiger charge is 2.22. The summed E-state index contributed by atoms with van der Waals surface area (Å²) in [5, 5.41) is 7.58. The fourth-order valence-corrected chi connectivity index (χ4v) is 3.56. The molecule has 0 unspecified atom stereocenters. The Morgan fingerprint density at radius 3 is 2.59 bits per heavy atom. The summed E-state index contributed by atoms with van der Waals surface area (Å²) in [7, 11) is 0. The number of carbonyl (C=O) groups excluding carboxylic acids is 2. The molecule has 8 heteroatoms. The third kappa shape index (κ3) is 4.30. The Morgan fingerprint density at radius 1 is 1.19 bits per heavy atom. The molecule has 0 radical (unpaired) electrons. The van der Waals surface area contributed by atoms with Gasteiger partial charge in [0.05, 0.1) is 24.1 Å². The van der Waals surface area contributed by atoms with Gasteiger partial charge in [-0.15, -0.1) is 0 Å². The highest BCUT2D eigenvalue weighted by atomic mass is 127. The van der Waals surface area contributed by atoms with E-state index in [4.69, 9.17) is 16.3 Å². The van der Waals surface area contributed by atoms with E-state index in [2.05, 4.69) is 10.4 Å². The molecule has 27 heavy (non-hydrogen) atoms. The molecule has 1 N–H and O–H groups in total. The molecule has 0 saturated carbocycles. The first-order chi connectivity index (χ1) is 13.0. The zero-order chi connectivity index (χ0) is 19.4. The smallest absolute Gasteiger partial charge is 0.343 e. The molecular weight excluding hydrogens is 481 g/mol. The van der Waals surface area contributed by atoms with Crippen LogP contribution in [0, 0.1) is 3.57 Å². The molecule has 6 nitrogen and oxygen atoms in total. The Hall–Kier alpha value is -2.39. The summed E-state index contributed by atoms with van der Waals surface area (Å²) in [6.45, 7) is 1.94. The molecule has 0 spiro atoms. The van der Waals surface area contributed by atoms with E-state index in [0.717, 1.165) is 0 Å². The number of hydrogen-bond acceptors (Lipinski definition) is 4. The molecule has 0 fully saturated rings. The second-order valence-corrected chi connectivity index (χ2v) is 7.05. The number of anilines is 1. The molecule has 138 valence electrons. The minimum Gasteiger partial charge on any atom is -0.462 e. The SMILES string of the molecule is CCOC(=O)c1cnn(-c2ccccc2)c1NC(=O)c1ccc(Cl)cc1I. The Labute approximate surface area is 174 Å². The molecule has 3 aromatic rings. The maximum atomic E-state index is 12.8. The molecule has 0 bridgehead atoms. The summed E-state index contributed by atoms with van der Waals surface area (Å²) < 4.78 is 7.27. The van der Waals surface area contributed by atoms with Gasteiger partial charge in [0.15, 0.2) is 5.82 Å². The average Bonchev–Trinajstić information content (AvgIpc) is 3.06. The number of halogens is 2. The Kier molecular flexibility index (Phi) is 6.12. The summed E-state index contributed by atoms with van der Waals surface area (Å²) in [4.78, 5) is 25.1. The van der Waals surface area contributed by atoms with Gasteiger partial charge in [0.2, 0.25) is 0 Å². The number of amides is 1. The van der Waals surface area contributed by atoms with Gasteiger partial charge in [-0.2, -0.15) is 5.10 Å². The van der Waals surface area contributed by atoms with Gasteiger partial charge in [0.1, 0.15) is 5.56 Å². The van der Waals surface area contributed by atoms with Crippen LogP contribution in [-0.2, 0) is 4.74 Å². The van der Waals surface area contributed by atoms with Crippen LogP contribution in [0.5, 0.6) is 0 Å². The average molecular weight is 496 g/mol. The predicted molar refractivity (Wildman–Crippen MR) is 112 cm³/mol. The van der Waals surface area contributed by atoms with Crippen molar-refractivity contribution in [2.75, 3.05) is 11.9 Å². The van der Waals surface area contributed by atoms with Crippen molar-refractivity contribution in [2.24, 2.45) is 0 Å². The molecule has 0 aliphatic heterocycles. The lowest BCUT2D eigenvalue weighted by Crippen LogP contribution is -2.19. The van der Waals surface area contributed by atoms with E-state index in [-0.39, 0.29) is 23.9 Å². The molecule has 0 atom stereocenters. The first-order valence-electron chi connectivity index (χ1n) is 8.08. The summed E-state index contributed by atoms with van der Waals surface area (Å²) in [5.74, 6) is -0.685. The Bertz CT molecular complexity index is 989. The second kappa shape index (κ2) is 8.53. The summed E-state index contributed by atoms with van der Waals surface area (Å²) in [6, 6.07) is 14.2. The number of hydrogen-bond donors (Lipinski definition) is 1. The van der Waals surface area contributed by atoms with Crippen molar-refractivity contribution < 1.29 is 14.3 Å². The minimum atomic E-state index is -0.555. The largest absolute Gasteiger partial charge is 0.462 e. The lowest BCUT2D eigenvalue weighted by molar-refractivity contribution is 0.0527. The van der Waals surface area contributed by atoms with Crippen molar-refractivity contribution in [1.82, 2.24) is 9.78 Å². The first kappa shape index (κ1) is 19.4. The standard InChI is InChI=1S/C19H15ClIN3O3/c1-2-27-19(26)15-11-22-24(13-6-4-3-5-7-13)17(15)23-18(25)14-9-8-12(20)10-16(14)21/h3-11H,2H2,1H3,(H,23,25). The molecule has 2 aromatic carbocycles. The second-order valence-electron chi connectivity index (χ2n) is 5.45. The van der Waals surface area contributed by atoms with Gasteiger partial charge in [-0.1, -0.05) is 29.8 Å². The maximum Gasteiger partial charge on any atom is 0.343 e. The normalized spacial score (nSPS) is 10.5. The number of aromatic nitrogens is 2. The number of nitrogens with zero attached hydrogens (tertiary/aromatic N) is 2. The molecule has 1 aromatic heterocycles. The number of carbonyl (C=O) groups is 2. The van der Waals surface area contributed by atoms with Gasteiger partial charge in [0.25, 0.3) is 5.91 Å². The number of esters is 1. The molecular formula is C19H15ClIN3O3. The van der Waals surface area contributed by atoms with Crippen molar-refractivity contribution >= 4 is 51.9 Å². The van der Waals surface area contributed by atoms with Crippen molar-refractivity contribution in [1.29, 1.82) is 0 Å². The highest BCUT2D eigenvalue weighted by Crippen LogP contribution is 2.24. The number of ether oxygens (including phenoxy) is 1. The van der Waals surface area contributed by atoms with E-state index in [9.17, 15) is 9.59 Å². The fraction of sp³-hybridized carbons (Fsp3) is 0.105. The first-order valence-corrected chi connectivity index (χ1v) is 9.54. The van der Waals surface area contributed by atoms with Crippen LogP contribution < -0.4 is 5.32 Å². The van der Waals surface area contributed by atoms with Gasteiger partial charge in [-0.3, -0.25) is 4.79 Å². The maximum absolute atomic E-state index is 12.8. The number of para-hydroxylation sites is 1. The monoisotopic (exact) mass is 495 g/mol. The van der Waals surface area contributed by atoms with E-state index < -0.39 is 5.97 Å². The van der Waals surface area contributed by atoms with Crippen molar-refractivity contribution in [2.45, 2.75) is 6.92 Å². The van der Waals surface area contributed by atoms with Crippen LogP contribution in [0.15, 0.2) is 54.7 Å². The van der Waals surface area contributed by atoms with Crippen LogP contribution in [0.1, 0.15) is 27.6 Å². The van der Waals surface area contributed by atoms with Gasteiger partial charge in [0, 0.05) is 8.59 Å². The fourth-order valence-electron chi connectivity index (χ4n) is 2.44. The summed E-state index contributed by atoms with van der Waals surface area (Å²) in [5.41, 5.74) is 1.32. The number of benzene rings is 2.